The minimum absolute atomic E-state index is 0.0585. The van der Waals surface area contributed by atoms with Gasteiger partial charge in [0.05, 0.1) is 61.4 Å². The standard InChI is InChI=1S/C44H53FN8O6/c1-22(2)37(47-21-57-6)43(55)53-24(5)8-13-34(53)41-48-32-12-10-25-15-31-29-11-9-26(14-27(29)20-59-36(31)17-30(25)39(32)50-41)33-18-46-40(49-33)35-16-28(45)19-52(35)42(54)38(23(3)4)51-44(56)58-7/h9-12,14-15,17-18,22-24,28,34-35,37-38,47H,8,13,16,19-21H2,1-7H3,(H,46,49)(H,48,50)(H,51,56)/t24-,28-,34-,35-,37-,38-/m0/s1. The van der Waals surface area contributed by atoms with E-state index in [9.17, 15) is 18.8 Å². The Labute approximate surface area is 342 Å². The molecule has 0 unspecified atom stereocenters. The van der Waals surface area contributed by atoms with E-state index < -0.39 is 24.3 Å². The van der Waals surface area contributed by atoms with Gasteiger partial charge in [-0.1, -0.05) is 45.9 Å². The number of methoxy groups -OCH3 is 2. The van der Waals surface area contributed by atoms with E-state index >= 15 is 0 Å². The first kappa shape index (κ1) is 40.2. The minimum Gasteiger partial charge on any atom is -0.488 e. The third kappa shape index (κ3) is 7.50. The zero-order valence-corrected chi connectivity index (χ0v) is 34.6. The highest BCUT2D eigenvalue weighted by atomic mass is 19.1. The fraction of sp³-hybridized carbons (Fsp3) is 0.477. The maximum atomic E-state index is 14.9. The van der Waals surface area contributed by atoms with Crippen molar-refractivity contribution in [3.05, 3.63) is 65.9 Å². The summed E-state index contributed by atoms with van der Waals surface area (Å²) in [6, 6.07) is 12.6. The van der Waals surface area contributed by atoms with E-state index in [2.05, 4.69) is 68.9 Å². The van der Waals surface area contributed by atoms with Gasteiger partial charge in [-0.25, -0.2) is 19.2 Å². The molecular weight excluding hydrogens is 756 g/mol. The van der Waals surface area contributed by atoms with Crippen LogP contribution < -0.4 is 15.4 Å². The van der Waals surface area contributed by atoms with Crippen molar-refractivity contribution < 1.29 is 33.0 Å². The molecular formula is C44H53FN8O6. The van der Waals surface area contributed by atoms with Crippen LogP contribution in [0.1, 0.15) is 83.2 Å². The number of halogens is 1. The summed E-state index contributed by atoms with van der Waals surface area (Å²) in [6.07, 6.45) is 1.57. The predicted molar refractivity (Wildman–Crippen MR) is 221 cm³/mol. The van der Waals surface area contributed by atoms with Gasteiger partial charge in [0, 0.05) is 30.5 Å². The lowest BCUT2D eigenvalue weighted by Crippen LogP contribution is -2.51. The first-order chi connectivity index (χ1) is 28.4. The Morgan fingerprint density at radius 3 is 2.49 bits per heavy atom. The number of ether oxygens (including phenoxy) is 3. The first-order valence-corrected chi connectivity index (χ1v) is 20.5. The molecule has 8 rings (SSSR count). The maximum Gasteiger partial charge on any atom is 0.407 e. The van der Waals surface area contributed by atoms with Gasteiger partial charge < -0.3 is 39.3 Å². The van der Waals surface area contributed by atoms with Crippen molar-refractivity contribution in [2.45, 2.75) is 96.9 Å². The summed E-state index contributed by atoms with van der Waals surface area (Å²) >= 11 is 0. The number of hydrogen-bond acceptors (Lipinski definition) is 9. The van der Waals surface area contributed by atoms with E-state index in [1.54, 1.807) is 13.3 Å². The Morgan fingerprint density at radius 1 is 0.949 bits per heavy atom. The zero-order valence-electron chi connectivity index (χ0n) is 34.6. The van der Waals surface area contributed by atoms with Gasteiger partial charge in [0.25, 0.3) is 0 Å². The van der Waals surface area contributed by atoms with Crippen LogP contribution in [0.2, 0.25) is 0 Å². The Morgan fingerprint density at radius 2 is 1.75 bits per heavy atom. The van der Waals surface area contributed by atoms with Crippen LogP contribution in [0.4, 0.5) is 9.18 Å². The van der Waals surface area contributed by atoms with Gasteiger partial charge in [0.1, 0.15) is 36.2 Å². The second-order valence-electron chi connectivity index (χ2n) is 16.7. The number of amides is 3. The molecule has 5 aromatic rings. The van der Waals surface area contributed by atoms with Crippen LogP contribution in [0.5, 0.6) is 5.75 Å². The number of likely N-dealkylation sites (tertiary alicyclic amines) is 2. The molecule has 312 valence electrons. The molecule has 0 radical (unpaired) electrons. The van der Waals surface area contributed by atoms with E-state index in [1.165, 1.54) is 12.0 Å². The van der Waals surface area contributed by atoms with Crippen molar-refractivity contribution in [1.82, 2.24) is 40.4 Å². The number of nitrogens with one attached hydrogen (secondary N) is 4. The summed E-state index contributed by atoms with van der Waals surface area (Å²) in [5, 5.41) is 7.86. The number of imidazole rings is 2. The van der Waals surface area contributed by atoms with Crippen molar-refractivity contribution in [3.63, 3.8) is 0 Å². The summed E-state index contributed by atoms with van der Waals surface area (Å²) in [7, 11) is 2.85. The highest BCUT2D eigenvalue weighted by Gasteiger charge is 2.43. The highest BCUT2D eigenvalue weighted by Crippen LogP contribution is 2.44. The molecule has 0 spiro atoms. The van der Waals surface area contributed by atoms with Crippen LogP contribution in [0.25, 0.3) is 44.2 Å². The number of rotatable bonds is 11. The molecule has 2 saturated heterocycles. The van der Waals surface area contributed by atoms with Crippen molar-refractivity contribution in [3.8, 4) is 28.1 Å². The third-order valence-electron chi connectivity index (χ3n) is 12.1. The summed E-state index contributed by atoms with van der Waals surface area (Å²) in [5.74, 6) is 1.56. The molecule has 14 nitrogen and oxygen atoms in total. The quantitative estimate of drug-likeness (QED) is 0.104. The predicted octanol–water partition coefficient (Wildman–Crippen LogP) is 6.93. The van der Waals surface area contributed by atoms with E-state index in [0.717, 1.165) is 74.2 Å². The highest BCUT2D eigenvalue weighted by molar-refractivity contribution is 6.07. The van der Waals surface area contributed by atoms with Gasteiger partial charge in [-0.2, -0.15) is 0 Å². The van der Waals surface area contributed by atoms with Crippen LogP contribution in [0, 0.1) is 11.8 Å². The van der Waals surface area contributed by atoms with Crippen LogP contribution in [-0.4, -0.2) is 99.4 Å². The number of alkyl halides is 1. The lowest BCUT2D eigenvalue weighted by Gasteiger charge is -2.33. The number of benzene rings is 3. The Kier molecular flexibility index (Phi) is 11.1. The molecule has 3 aliphatic rings. The van der Waals surface area contributed by atoms with Crippen molar-refractivity contribution >= 4 is 39.7 Å². The Balaban J connectivity index is 1.04. The van der Waals surface area contributed by atoms with Crippen LogP contribution in [-0.2, 0) is 25.7 Å². The lowest BCUT2D eigenvalue weighted by molar-refractivity contribution is -0.138. The van der Waals surface area contributed by atoms with Gasteiger partial charge in [-0.05, 0) is 77.9 Å². The van der Waals surface area contributed by atoms with Crippen molar-refractivity contribution in [2.24, 2.45) is 11.8 Å². The molecule has 4 N–H and O–H groups in total. The minimum atomic E-state index is -1.23. The molecule has 3 aromatic carbocycles. The van der Waals surface area contributed by atoms with Gasteiger partial charge in [-0.3, -0.25) is 14.9 Å². The van der Waals surface area contributed by atoms with Crippen LogP contribution in [0.3, 0.4) is 0 Å². The summed E-state index contributed by atoms with van der Waals surface area (Å²) in [6.45, 7) is 10.4. The van der Waals surface area contributed by atoms with E-state index in [0.29, 0.717) is 19.2 Å². The fourth-order valence-corrected chi connectivity index (χ4v) is 9.01. The summed E-state index contributed by atoms with van der Waals surface area (Å²) in [4.78, 5) is 59.7. The third-order valence-corrected chi connectivity index (χ3v) is 12.1. The van der Waals surface area contributed by atoms with Gasteiger partial charge in [0.15, 0.2) is 0 Å². The fourth-order valence-electron chi connectivity index (χ4n) is 9.01. The van der Waals surface area contributed by atoms with Gasteiger partial charge >= 0.3 is 6.09 Å². The molecule has 6 atom stereocenters. The number of alkyl carbamates (subject to hydrolysis) is 1. The van der Waals surface area contributed by atoms with Crippen molar-refractivity contribution in [2.75, 3.05) is 27.5 Å². The van der Waals surface area contributed by atoms with Crippen molar-refractivity contribution in [1.29, 1.82) is 0 Å². The zero-order chi connectivity index (χ0) is 41.7. The van der Waals surface area contributed by atoms with E-state index in [1.807, 2.05) is 38.7 Å². The van der Waals surface area contributed by atoms with E-state index in [4.69, 9.17) is 19.2 Å². The number of carbonyl (C=O) groups excluding carboxylic acids is 3. The second kappa shape index (κ2) is 16.3. The molecule has 2 fully saturated rings. The molecule has 0 aliphatic carbocycles. The number of nitrogens with zero attached hydrogens (tertiary/aromatic N) is 4. The number of H-pyrrole nitrogens is 2. The average Bonchev–Trinajstić information content (AvgIpc) is 4.04. The van der Waals surface area contributed by atoms with Gasteiger partial charge in [-0.15, -0.1) is 0 Å². The molecule has 59 heavy (non-hydrogen) atoms. The number of carbonyl (C=O) groups is 3. The average molecular weight is 809 g/mol. The molecule has 15 heteroatoms. The lowest BCUT2D eigenvalue weighted by atomic mass is 9.92. The molecule has 2 aromatic heterocycles. The topological polar surface area (TPSA) is 167 Å². The second-order valence-corrected chi connectivity index (χ2v) is 16.7. The number of hydrogen-bond donors (Lipinski definition) is 4. The molecule has 5 heterocycles. The molecule has 3 aliphatic heterocycles. The summed E-state index contributed by atoms with van der Waals surface area (Å²) in [5.41, 5.74) is 6.39. The Bertz CT molecular complexity index is 2390. The monoisotopic (exact) mass is 808 g/mol. The van der Waals surface area contributed by atoms with Gasteiger partial charge in [0.2, 0.25) is 11.8 Å². The first-order valence-electron chi connectivity index (χ1n) is 20.5. The summed E-state index contributed by atoms with van der Waals surface area (Å²) < 4.78 is 31.3. The van der Waals surface area contributed by atoms with E-state index in [-0.39, 0.29) is 54.7 Å². The number of fused-ring (bicyclic) bond motifs is 6. The smallest absolute Gasteiger partial charge is 0.407 e. The normalized spacial score (nSPS) is 21.2. The largest absolute Gasteiger partial charge is 0.488 e. The van der Waals surface area contributed by atoms with Crippen LogP contribution in [0.15, 0.2) is 48.7 Å². The number of aromatic amines is 2. The SMILES string of the molecule is COCN[C@H](C(=O)N1[C@@H](C)CC[C@H]1c1nc2c(ccc3cc4c(cc32)OCc2cc(-c3cnc([C@@H]5C[C@H](F)CN5C(=O)[C@@H](NC(=O)OC)C(C)C)[nH]3)ccc2-4)[nH]1)C(C)C. The van der Waals surface area contributed by atoms with Crippen LogP contribution >= 0.6 is 0 Å². The maximum absolute atomic E-state index is 14.9. The molecule has 0 saturated carbocycles. The molecule has 0 bridgehead atoms. The Hall–Kier alpha value is -5.54. The molecule has 3 amide bonds. The number of aromatic nitrogens is 4.